The summed E-state index contributed by atoms with van der Waals surface area (Å²) >= 11 is 0. The second-order valence-corrected chi connectivity index (χ2v) is 7.16. The van der Waals surface area contributed by atoms with Crippen molar-refractivity contribution in [3.63, 3.8) is 0 Å². The Balaban J connectivity index is 1.91. The number of methoxy groups -OCH3 is 1. The van der Waals surface area contributed by atoms with Crippen LogP contribution < -0.4 is 26.0 Å². The minimum Gasteiger partial charge on any atom is -0.493 e. The van der Waals surface area contributed by atoms with Crippen molar-refractivity contribution in [2.45, 2.75) is 39.2 Å². The van der Waals surface area contributed by atoms with Crippen LogP contribution in [0.2, 0.25) is 0 Å². The highest BCUT2D eigenvalue weighted by Crippen LogP contribution is 2.32. The van der Waals surface area contributed by atoms with Crippen molar-refractivity contribution < 1.29 is 9.47 Å². The molecule has 0 atom stereocenters. The number of benzene rings is 2. The summed E-state index contributed by atoms with van der Waals surface area (Å²) < 4.78 is 12.5. The number of hydrogen-bond acceptors (Lipinski definition) is 5. The van der Waals surface area contributed by atoms with E-state index in [1.807, 2.05) is 31.3 Å². The summed E-state index contributed by atoms with van der Waals surface area (Å²) in [7, 11) is 3.40. The van der Waals surface area contributed by atoms with E-state index in [1.54, 1.807) is 19.2 Å². The lowest BCUT2D eigenvalue weighted by Crippen LogP contribution is -2.35. The second kappa shape index (κ2) is 10.0. The number of ether oxygens (including phenoxy) is 2. The average molecular weight is 412 g/mol. The smallest absolute Gasteiger partial charge is 0.328 e. The Morgan fingerprint density at radius 3 is 2.50 bits per heavy atom. The van der Waals surface area contributed by atoms with Gasteiger partial charge in [0.15, 0.2) is 11.5 Å². The topological polar surface area (TPSA) is 85.3 Å². The molecule has 0 amide bonds. The molecule has 0 bridgehead atoms. The molecule has 3 aromatic rings. The van der Waals surface area contributed by atoms with Crippen LogP contribution in [-0.4, -0.2) is 30.3 Å². The Labute approximate surface area is 175 Å². The zero-order valence-electron chi connectivity index (χ0n) is 17.8. The van der Waals surface area contributed by atoms with Gasteiger partial charge in [0.1, 0.15) is 5.52 Å². The maximum absolute atomic E-state index is 13.0. The Morgan fingerprint density at radius 1 is 1.07 bits per heavy atom. The van der Waals surface area contributed by atoms with Crippen molar-refractivity contribution in [1.29, 1.82) is 0 Å². The fraction of sp³-hybridized carbons (Fsp3) is 0.391. The van der Waals surface area contributed by atoms with Crippen LogP contribution in [-0.2, 0) is 13.0 Å². The highest BCUT2D eigenvalue weighted by molar-refractivity contribution is 5.86. The number of aromatic amines is 1. The van der Waals surface area contributed by atoms with E-state index >= 15 is 0 Å². The Kier molecular flexibility index (Phi) is 7.17. The first-order chi connectivity index (χ1) is 14.6. The van der Waals surface area contributed by atoms with Crippen molar-refractivity contribution in [2.24, 2.45) is 0 Å². The van der Waals surface area contributed by atoms with Crippen molar-refractivity contribution >= 4 is 16.6 Å². The van der Waals surface area contributed by atoms with Crippen LogP contribution in [0.4, 0.5) is 5.69 Å². The fourth-order valence-electron chi connectivity index (χ4n) is 3.39. The van der Waals surface area contributed by atoms with E-state index in [0.717, 1.165) is 30.5 Å². The third-order valence-electron chi connectivity index (χ3n) is 5.16. The van der Waals surface area contributed by atoms with Crippen LogP contribution in [0, 0.1) is 0 Å². The number of aromatic nitrogens is 2. The van der Waals surface area contributed by atoms with E-state index < -0.39 is 5.69 Å². The van der Waals surface area contributed by atoms with Crippen LogP contribution in [0.15, 0.2) is 46.0 Å². The number of H-pyrrole nitrogens is 1. The molecule has 0 aliphatic carbocycles. The van der Waals surface area contributed by atoms with Gasteiger partial charge in [-0.2, -0.15) is 0 Å². The predicted molar refractivity (Wildman–Crippen MR) is 120 cm³/mol. The molecule has 0 fully saturated rings. The molecule has 0 radical (unpaired) electrons. The number of nitrogens with zero attached hydrogens (tertiary/aromatic N) is 1. The molecule has 7 nitrogen and oxygen atoms in total. The van der Waals surface area contributed by atoms with E-state index in [0.29, 0.717) is 42.0 Å². The molecule has 1 heterocycles. The molecule has 0 saturated carbocycles. The average Bonchev–Trinajstić information content (AvgIpc) is 2.77. The van der Waals surface area contributed by atoms with E-state index in [-0.39, 0.29) is 5.56 Å². The SMILES string of the molecule is CCCCCOc1c(OC)ccc2c(=O)n(CCc3ccc(NC)cc3)c(=O)[nH]c12. The molecule has 0 aliphatic rings. The first-order valence-corrected chi connectivity index (χ1v) is 10.3. The lowest BCUT2D eigenvalue weighted by Gasteiger charge is -2.14. The molecule has 1 aromatic heterocycles. The van der Waals surface area contributed by atoms with Gasteiger partial charge >= 0.3 is 5.69 Å². The van der Waals surface area contributed by atoms with E-state index in [2.05, 4.69) is 17.2 Å². The normalized spacial score (nSPS) is 10.9. The van der Waals surface area contributed by atoms with Crippen molar-refractivity contribution in [3.05, 3.63) is 62.8 Å². The molecule has 0 saturated heterocycles. The number of nitrogens with one attached hydrogen (secondary N) is 2. The van der Waals surface area contributed by atoms with Crippen LogP contribution in [0.25, 0.3) is 10.9 Å². The third kappa shape index (κ3) is 4.67. The summed E-state index contributed by atoms with van der Waals surface area (Å²) in [6, 6.07) is 11.3. The molecule has 0 aliphatic heterocycles. The molecule has 30 heavy (non-hydrogen) atoms. The van der Waals surface area contributed by atoms with Gasteiger partial charge in [-0.05, 0) is 42.7 Å². The standard InChI is InChI=1S/C23H29N3O4/c1-4-5-6-15-30-21-19(29-3)12-11-18-20(21)25-23(28)26(22(18)27)14-13-16-7-9-17(24-2)10-8-16/h7-12,24H,4-6,13-15H2,1-3H3,(H,25,28). The van der Waals surface area contributed by atoms with Gasteiger partial charge in [0, 0.05) is 19.3 Å². The first kappa shape index (κ1) is 21.5. The lowest BCUT2D eigenvalue weighted by atomic mass is 10.1. The number of hydrogen-bond donors (Lipinski definition) is 2. The van der Waals surface area contributed by atoms with Gasteiger partial charge in [0.05, 0.1) is 19.1 Å². The predicted octanol–water partition coefficient (Wildman–Crippen LogP) is 3.55. The molecule has 0 unspecified atom stereocenters. The Morgan fingerprint density at radius 2 is 1.83 bits per heavy atom. The van der Waals surface area contributed by atoms with Crippen molar-refractivity contribution in [2.75, 3.05) is 26.1 Å². The van der Waals surface area contributed by atoms with Crippen LogP contribution in [0.1, 0.15) is 31.7 Å². The summed E-state index contributed by atoms with van der Waals surface area (Å²) in [4.78, 5) is 28.6. The molecule has 2 aromatic carbocycles. The van der Waals surface area contributed by atoms with Crippen LogP contribution in [0.5, 0.6) is 11.5 Å². The highest BCUT2D eigenvalue weighted by Gasteiger charge is 2.16. The Hall–Kier alpha value is -3.22. The number of unbranched alkanes of at least 4 members (excludes halogenated alkanes) is 2. The van der Waals surface area contributed by atoms with E-state index in [1.165, 1.54) is 4.57 Å². The van der Waals surface area contributed by atoms with Gasteiger partial charge in [-0.1, -0.05) is 31.9 Å². The van der Waals surface area contributed by atoms with Gasteiger partial charge < -0.3 is 19.8 Å². The summed E-state index contributed by atoms with van der Waals surface area (Å²) in [6.45, 7) is 2.91. The lowest BCUT2D eigenvalue weighted by molar-refractivity contribution is 0.289. The fourth-order valence-corrected chi connectivity index (χ4v) is 3.39. The van der Waals surface area contributed by atoms with Crippen molar-refractivity contribution in [1.82, 2.24) is 9.55 Å². The van der Waals surface area contributed by atoms with Gasteiger partial charge in [0.2, 0.25) is 0 Å². The second-order valence-electron chi connectivity index (χ2n) is 7.16. The number of fused-ring (bicyclic) bond motifs is 1. The molecular formula is C23H29N3O4. The summed E-state index contributed by atoms with van der Waals surface area (Å²) in [5.74, 6) is 0.909. The van der Waals surface area contributed by atoms with Gasteiger partial charge in [-0.25, -0.2) is 4.79 Å². The molecule has 160 valence electrons. The summed E-state index contributed by atoms with van der Waals surface area (Å²) in [5, 5.41) is 3.48. The largest absolute Gasteiger partial charge is 0.493 e. The first-order valence-electron chi connectivity index (χ1n) is 10.3. The minimum absolute atomic E-state index is 0.293. The third-order valence-corrected chi connectivity index (χ3v) is 5.16. The zero-order valence-corrected chi connectivity index (χ0v) is 17.8. The van der Waals surface area contributed by atoms with Crippen LogP contribution in [0.3, 0.4) is 0 Å². The van der Waals surface area contributed by atoms with Crippen LogP contribution >= 0.6 is 0 Å². The minimum atomic E-state index is -0.453. The van der Waals surface area contributed by atoms with E-state index in [9.17, 15) is 9.59 Å². The quantitative estimate of drug-likeness (QED) is 0.499. The monoisotopic (exact) mass is 411 g/mol. The molecule has 3 rings (SSSR count). The molecule has 0 spiro atoms. The molecule has 7 heteroatoms. The molecular weight excluding hydrogens is 382 g/mol. The zero-order chi connectivity index (χ0) is 21.5. The molecule has 2 N–H and O–H groups in total. The number of rotatable bonds is 10. The number of anilines is 1. The number of aryl methyl sites for hydroxylation is 1. The maximum atomic E-state index is 13.0. The van der Waals surface area contributed by atoms with Gasteiger partial charge in [-0.3, -0.25) is 9.36 Å². The van der Waals surface area contributed by atoms with Gasteiger partial charge in [0.25, 0.3) is 5.56 Å². The maximum Gasteiger partial charge on any atom is 0.328 e. The Bertz CT molecular complexity index is 1100. The highest BCUT2D eigenvalue weighted by atomic mass is 16.5. The van der Waals surface area contributed by atoms with E-state index in [4.69, 9.17) is 9.47 Å². The van der Waals surface area contributed by atoms with Gasteiger partial charge in [-0.15, -0.1) is 0 Å². The summed E-state index contributed by atoms with van der Waals surface area (Å²) in [6.07, 6.45) is 3.60. The summed E-state index contributed by atoms with van der Waals surface area (Å²) in [5.41, 5.74) is 1.66. The van der Waals surface area contributed by atoms with Crippen molar-refractivity contribution in [3.8, 4) is 11.5 Å².